The van der Waals surface area contributed by atoms with Crippen molar-refractivity contribution in [2.45, 2.75) is 31.3 Å². The van der Waals surface area contributed by atoms with Crippen LogP contribution in [0.1, 0.15) is 24.2 Å². The molecule has 2 amide bonds. The number of imidazole rings is 1. The number of terminal acetylenes is 1. The van der Waals surface area contributed by atoms with Crippen LogP contribution in [0.15, 0.2) is 36.7 Å². The van der Waals surface area contributed by atoms with Crippen molar-refractivity contribution < 1.29 is 33.3 Å². The van der Waals surface area contributed by atoms with E-state index >= 15 is 0 Å². The van der Waals surface area contributed by atoms with E-state index in [1.165, 1.54) is 0 Å². The Balaban J connectivity index is 1.04. The summed E-state index contributed by atoms with van der Waals surface area (Å²) < 4.78 is 29.5. The van der Waals surface area contributed by atoms with Crippen molar-refractivity contribution in [3.05, 3.63) is 53.1 Å². The van der Waals surface area contributed by atoms with Gasteiger partial charge in [-0.3, -0.25) is 14.6 Å². The molecule has 0 saturated carbocycles. The fraction of sp³-hybridized carbons (Fsp3) is 0.515. The Labute approximate surface area is 273 Å². The Hall–Kier alpha value is -3.57. The van der Waals surface area contributed by atoms with E-state index in [1.807, 2.05) is 24.3 Å². The van der Waals surface area contributed by atoms with Gasteiger partial charge in [0.1, 0.15) is 17.8 Å². The molecular weight excluding hydrogens is 614 g/mol. The third-order valence-corrected chi connectivity index (χ3v) is 8.27. The van der Waals surface area contributed by atoms with Crippen molar-refractivity contribution in [3.8, 4) is 12.3 Å². The van der Waals surface area contributed by atoms with Crippen molar-refractivity contribution in [1.82, 2.24) is 19.4 Å². The molecule has 4 heterocycles. The lowest BCUT2D eigenvalue weighted by Gasteiger charge is -2.44. The van der Waals surface area contributed by atoms with E-state index in [0.29, 0.717) is 97.3 Å². The second-order valence-corrected chi connectivity index (χ2v) is 11.5. The molecule has 12 nitrogen and oxygen atoms in total. The molecule has 0 N–H and O–H groups in total. The minimum atomic E-state index is -0.721. The van der Waals surface area contributed by atoms with E-state index in [0.717, 1.165) is 47.4 Å². The third-order valence-electron chi connectivity index (χ3n) is 8.04. The molecule has 0 bridgehead atoms. The van der Waals surface area contributed by atoms with Gasteiger partial charge in [0.2, 0.25) is 12.3 Å². The number of pyridine rings is 1. The number of benzene rings is 1. The number of ether oxygens (including phenoxy) is 5. The van der Waals surface area contributed by atoms with Crippen LogP contribution in [0.2, 0.25) is 5.02 Å². The normalized spacial score (nSPS) is 15.0. The van der Waals surface area contributed by atoms with E-state index in [1.54, 1.807) is 22.2 Å². The fourth-order valence-electron chi connectivity index (χ4n) is 5.82. The number of likely N-dealkylation sites (tertiary alicyclic amines) is 1. The lowest BCUT2D eigenvalue weighted by Crippen LogP contribution is -2.63. The molecule has 2 aromatic heterocycles. The van der Waals surface area contributed by atoms with Gasteiger partial charge in [-0.05, 0) is 42.7 Å². The van der Waals surface area contributed by atoms with Gasteiger partial charge in [-0.1, -0.05) is 17.5 Å². The molecule has 1 saturated heterocycles. The van der Waals surface area contributed by atoms with E-state index in [2.05, 4.69) is 15.5 Å². The van der Waals surface area contributed by atoms with Crippen LogP contribution in [0.25, 0.3) is 11.0 Å². The minimum Gasteiger partial charge on any atom is -0.379 e. The molecule has 0 radical (unpaired) electrons. The first-order valence-electron chi connectivity index (χ1n) is 15.5. The molecule has 2 aliphatic heterocycles. The van der Waals surface area contributed by atoms with Gasteiger partial charge < -0.3 is 38.1 Å². The molecule has 46 heavy (non-hydrogen) atoms. The number of amides is 2. The number of aromatic nitrogens is 3. The van der Waals surface area contributed by atoms with E-state index in [9.17, 15) is 9.59 Å². The summed E-state index contributed by atoms with van der Waals surface area (Å²) in [6.45, 7) is 6.58. The number of rotatable bonds is 21. The molecule has 0 unspecified atom stereocenters. The maximum absolute atomic E-state index is 13.8. The standard InChI is InChI=1S/C33H40ClN5O7/c1-2-10-42-12-14-44-16-18-46-19-17-45-15-13-43-11-4-3-9-38-29-6-5-26(34)20-28(29)36-31(38)22-39-30-21-35-8-7-27(30)33(32(39)41)23-37(24-33)25-40/h1,5-8,20-21,25H,3-4,9-19,22-24H2. The maximum atomic E-state index is 13.8. The molecule has 1 aromatic carbocycles. The summed E-state index contributed by atoms with van der Waals surface area (Å²) in [4.78, 5) is 37.7. The van der Waals surface area contributed by atoms with Crippen molar-refractivity contribution in [3.63, 3.8) is 0 Å². The second kappa shape index (κ2) is 16.8. The van der Waals surface area contributed by atoms with E-state index < -0.39 is 5.41 Å². The van der Waals surface area contributed by atoms with Gasteiger partial charge in [0.05, 0.1) is 82.3 Å². The van der Waals surface area contributed by atoms with Crippen LogP contribution in [0, 0.1) is 12.3 Å². The number of unbranched alkanes of at least 4 members (excludes halogenated alkanes) is 1. The zero-order valence-corrected chi connectivity index (χ0v) is 26.7. The summed E-state index contributed by atoms with van der Waals surface area (Å²) in [6.07, 6.45) is 11.0. The predicted molar refractivity (Wildman–Crippen MR) is 172 cm³/mol. The average Bonchev–Trinajstić information content (AvgIpc) is 3.50. The summed E-state index contributed by atoms with van der Waals surface area (Å²) in [7, 11) is 0. The molecule has 1 spiro atoms. The number of fused-ring (bicyclic) bond motifs is 3. The highest BCUT2D eigenvalue weighted by Gasteiger charge is 2.58. The molecule has 1 fully saturated rings. The number of carbonyl (C=O) groups is 2. The molecule has 0 atom stereocenters. The summed E-state index contributed by atoms with van der Waals surface area (Å²) in [6, 6.07) is 7.55. The predicted octanol–water partition coefficient (Wildman–Crippen LogP) is 2.84. The highest BCUT2D eigenvalue weighted by atomic mass is 35.5. The van der Waals surface area contributed by atoms with Gasteiger partial charge in [0.25, 0.3) is 0 Å². The molecule has 5 rings (SSSR count). The zero-order chi connectivity index (χ0) is 32.2. The summed E-state index contributed by atoms with van der Waals surface area (Å²) in [5.74, 6) is 3.14. The SMILES string of the molecule is C#CCOCCOCCOCCOCCOCCCCn1c(CN2C(=O)C3(CN(C=O)C3)c3ccncc32)nc2cc(Cl)ccc21. The Kier molecular flexibility index (Phi) is 12.4. The number of anilines is 1. The topological polar surface area (TPSA) is 117 Å². The zero-order valence-electron chi connectivity index (χ0n) is 25.9. The highest BCUT2D eigenvalue weighted by molar-refractivity contribution is 6.31. The van der Waals surface area contributed by atoms with Crippen molar-refractivity contribution >= 4 is 40.6 Å². The Morgan fingerprint density at radius 1 is 0.935 bits per heavy atom. The summed E-state index contributed by atoms with van der Waals surface area (Å²) in [5, 5.41) is 0.604. The van der Waals surface area contributed by atoms with Crippen molar-refractivity contribution in [2.75, 3.05) is 84.1 Å². The minimum absolute atomic E-state index is 0.0280. The first-order chi connectivity index (χ1) is 22.6. The number of carbonyl (C=O) groups excluding carboxylic acids is 2. The van der Waals surface area contributed by atoms with E-state index in [-0.39, 0.29) is 5.91 Å². The quantitative estimate of drug-likeness (QED) is 0.0972. The molecular formula is C33H40ClN5O7. The van der Waals surface area contributed by atoms with Crippen LogP contribution in [0.4, 0.5) is 5.69 Å². The summed E-state index contributed by atoms with van der Waals surface area (Å²) >= 11 is 6.29. The number of aryl methyl sites for hydroxylation is 1. The van der Waals surface area contributed by atoms with Crippen LogP contribution in [-0.2, 0) is 51.8 Å². The van der Waals surface area contributed by atoms with Gasteiger partial charge >= 0.3 is 0 Å². The van der Waals surface area contributed by atoms with Crippen molar-refractivity contribution in [1.29, 1.82) is 0 Å². The van der Waals surface area contributed by atoms with Gasteiger partial charge in [0.15, 0.2) is 0 Å². The smallest absolute Gasteiger partial charge is 0.241 e. The van der Waals surface area contributed by atoms with Gasteiger partial charge in [-0.25, -0.2) is 4.98 Å². The van der Waals surface area contributed by atoms with Crippen LogP contribution in [0.5, 0.6) is 0 Å². The average molecular weight is 654 g/mol. The highest BCUT2D eigenvalue weighted by Crippen LogP contribution is 2.47. The molecule has 0 aliphatic carbocycles. The van der Waals surface area contributed by atoms with Gasteiger partial charge in [0, 0.05) is 37.5 Å². The van der Waals surface area contributed by atoms with Crippen LogP contribution in [-0.4, -0.2) is 111 Å². The lowest BCUT2D eigenvalue weighted by molar-refractivity contribution is -0.135. The maximum Gasteiger partial charge on any atom is 0.241 e. The largest absolute Gasteiger partial charge is 0.379 e. The molecule has 3 aromatic rings. The first kappa shape index (κ1) is 33.8. The molecule has 246 valence electrons. The lowest BCUT2D eigenvalue weighted by atomic mass is 9.75. The fourth-order valence-corrected chi connectivity index (χ4v) is 5.99. The molecule has 2 aliphatic rings. The number of nitrogens with zero attached hydrogens (tertiary/aromatic N) is 5. The number of hydrogen-bond donors (Lipinski definition) is 0. The third kappa shape index (κ3) is 8.04. The van der Waals surface area contributed by atoms with Crippen LogP contribution < -0.4 is 4.90 Å². The number of halogens is 1. The number of hydrogen-bond acceptors (Lipinski definition) is 9. The second-order valence-electron chi connectivity index (χ2n) is 11.1. The summed E-state index contributed by atoms with van der Waals surface area (Å²) in [5.41, 5.74) is 2.70. The van der Waals surface area contributed by atoms with Crippen molar-refractivity contribution in [2.24, 2.45) is 0 Å². The Morgan fingerprint density at radius 3 is 2.28 bits per heavy atom. The van der Waals surface area contributed by atoms with E-state index in [4.69, 9.17) is 46.7 Å². The Morgan fingerprint density at radius 2 is 1.61 bits per heavy atom. The molecule has 13 heteroatoms. The van der Waals surface area contributed by atoms with Crippen LogP contribution >= 0.6 is 11.6 Å². The monoisotopic (exact) mass is 653 g/mol. The first-order valence-corrected chi connectivity index (χ1v) is 15.9. The van der Waals surface area contributed by atoms with Gasteiger partial charge in [-0.2, -0.15) is 0 Å². The van der Waals surface area contributed by atoms with Crippen LogP contribution in [0.3, 0.4) is 0 Å². The van der Waals surface area contributed by atoms with Gasteiger partial charge in [-0.15, -0.1) is 6.42 Å². The Bertz CT molecular complexity index is 1500.